The molecule has 0 saturated carbocycles. The molecule has 3 rings (SSSR count). The van der Waals surface area contributed by atoms with Crippen molar-refractivity contribution in [3.8, 4) is 5.75 Å². The summed E-state index contributed by atoms with van der Waals surface area (Å²) in [7, 11) is 1.69. The summed E-state index contributed by atoms with van der Waals surface area (Å²) < 4.78 is 10.4. The van der Waals surface area contributed by atoms with Crippen molar-refractivity contribution in [1.29, 1.82) is 0 Å². The minimum atomic E-state index is 0.153. The molecule has 1 aromatic carbocycles. The Balaban J connectivity index is 1.49. The average molecular weight is 304 g/mol. The fourth-order valence-corrected chi connectivity index (χ4v) is 3.29. The third kappa shape index (κ3) is 3.59. The predicted molar refractivity (Wildman–Crippen MR) is 83.8 cm³/mol. The second-order valence-corrected chi connectivity index (χ2v) is 6.00. The van der Waals surface area contributed by atoms with Gasteiger partial charge in [0.05, 0.1) is 13.7 Å². The van der Waals surface area contributed by atoms with E-state index in [1.54, 1.807) is 7.11 Å². The van der Waals surface area contributed by atoms with Crippen LogP contribution in [0.5, 0.6) is 5.75 Å². The summed E-state index contributed by atoms with van der Waals surface area (Å²) in [6.45, 7) is 4.74. The van der Waals surface area contributed by atoms with Crippen molar-refractivity contribution in [1.82, 2.24) is 9.80 Å². The molecule has 1 aromatic rings. The maximum absolute atomic E-state index is 11.9. The fourth-order valence-electron chi connectivity index (χ4n) is 3.29. The lowest BCUT2D eigenvalue weighted by Crippen LogP contribution is -2.51. The molecule has 5 nitrogen and oxygen atoms in total. The second-order valence-electron chi connectivity index (χ2n) is 6.00. The Bertz CT molecular complexity index is 495. The fraction of sp³-hybridized carbons (Fsp3) is 0.588. The van der Waals surface area contributed by atoms with Crippen LogP contribution in [0.15, 0.2) is 24.3 Å². The monoisotopic (exact) mass is 304 g/mol. The Morgan fingerprint density at radius 3 is 2.55 bits per heavy atom. The highest BCUT2D eigenvalue weighted by Gasteiger charge is 2.29. The van der Waals surface area contributed by atoms with Crippen LogP contribution in [0.1, 0.15) is 18.4 Å². The number of carbonyl (C=O) groups is 1. The quantitative estimate of drug-likeness (QED) is 0.846. The van der Waals surface area contributed by atoms with Crippen LogP contribution in [-0.4, -0.2) is 61.7 Å². The van der Waals surface area contributed by atoms with Gasteiger partial charge >= 0.3 is 0 Å². The van der Waals surface area contributed by atoms with Crippen LogP contribution in [0.25, 0.3) is 0 Å². The molecule has 1 amide bonds. The van der Waals surface area contributed by atoms with Gasteiger partial charge in [0.2, 0.25) is 5.91 Å². The number of methoxy groups -OCH3 is 1. The SMILES string of the molecule is COc1ccc(CN2CCC(N3CCOCC3=O)CC2)cc1. The van der Waals surface area contributed by atoms with Crippen LogP contribution >= 0.6 is 0 Å². The van der Waals surface area contributed by atoms with Gasteiger partial charge in [-0.1, -0.05) is 12.1 Å². The Kier molecular flexibility index (Phi) is 4.95. The van der Waals surface area contributed by atoms with Crippen LogP contribution in [0.4, 0.5) is 0 Å². The molecular weight excluding hydrogens is 280 g/mol. The van der Waals surface area contributed by atoms with E-state index in [4.69, 9.17) is 9.47 Å². The van der Waals surface area contributed by atoms with Gasteiger partial charge in [0.1, 0.15) is 12.4 Å². The molecule has 120 valence electrons. The molecule has 0 unspecified atom stereocenters. The van der Waals surface area contributed by atoms with E-state index in [2.05, 4.69) is 17.0 Å². The molecule has 0 bridgehead atoms. The largest absolute Gasteiger partial charge is 0.497 e. The van der Waals surface area contributed by atoms with Gasteiger partial charge in [0.25, 0.3) is 0 Å². The normalized spacial score (nSPS) is 21.1. The number of ether oxygens (including phenoxy) is 2. The standard InChI is InChI=1S/C17H24N2O3/c1-21-16-4-2-14(3-5-16)12-18-8-6-15(7-9-18)19-10-11-22-13-17(19)20/h2-5,15H,6-13H2,1H3. The highest BCUT2D eigenvalue weighted by molar-refractivity contribution is 5.78. The van der Waals surface area contributed by atoms with Crippen molar-refractivity contribution in [3.05, 3.63) is 29.8 Å². The van der Waals surface area contributed by atoms with Gasteiger partial charge in [-0.25, -0.2) is 0 Å². The first kappa shape index (κ1) is 15.3. The van der Waals surface area contributed by atoms with E-state index < -0.39 is 0 Å². The number of hydrogen-bond acceptors (Lipinski definition) is 4. The molecule has 0 N–H and O–H groups in total. The van der Waals surface area contributed by atoms with Gasteiger partial charge in [-0.3, -0.25) is 9.69 Å². The van der Waals surface area contributed by atoms with E-state index in [9.17, 15) is 4.79 Å². The van der Waals surface area contributed by atoms with Gasteiger partial charge in [0.15, 0.2) is 0 Å². The number of nitrogens with zero attached hydrogens (tertiary/aromatic N) is 2. The Labute approximate surface area is 131 Å². The summed E-state index contributed by atoms with van der Waals surface area (Å²) in [6, 6.07) is 8.65. The molecule has 22 heavy (non-hydrogen) atoms. The van der Waals surface area contributed by atoms with E-state index in [-0.39, 0.29) is 12.5 Å². The molecule has 0 spiro atoms. The van der Waals surface area contributed by atoms with Crippen molar-refractivity contribution in [2.45, 2.75) is 25.4 Å². The first-order valence-electron chi connectivity index (χ1n) is 7.99. The maximum atomic E-state index is 11.9. The van der Waals surface area contributed by atoms with Crippen LogP contribution in [0.2, 0.25) is 0 Å². The Hall–Kier alpha value is -1.59. The molecule has 2 heterocycles. The Morgan fingerprint density at radius 2 is 1.91 bits per heavy atom. The zero-order valence-electron chi connectivity index (χ0n) is 13.2. The van der Waals surface area contributed by atoms with Crippen molar-refractivity contribution < 1.29 is 14.3 Å². The van der Waals surface area contributed by atoms with Gasteiger partial charge in [-0.05, 0) is 30.5 Å². The number of hydrogen-bond donors (Lipinski definition) is 0. The van der Waals surface area contributed by atoms with Crippen molar-refractivity contribution in [2.75, 3.05) is 40.0 Å². The summed E-state index contributed by atoms with van der Waals surface area (Å²) >= 11 is 0. The summed E-state index contributed by atoms with van der Waals surface area (Å²) in [5.41, 5.74) is 1.31. The van der Waals surface area contributed by atoms with E-state index in [1.807, 2.05) is 17.0 Å². The van der Waals surface area contributed by atoms with Gasteiger partial charge in [-0.2, -0.15) is 0 Å². The third-order valence-electron chi connectivity index (χ3n) is 4.59. The van der Waals surface area contributed by atoms with Crippen molar-refractivity contribution >= 4 is 5.91 Å². The average Bonchev–Trinajstić information content (AvgIpc) is 2.57. The molecule has 5 heteroatoms. The number of likely N-dealkylation sites (tertiary alicyclic amines) is 1. The minimum Gasteiger partial charge on any atom is -0.497 e. The van der Waals surface area contributed by atoms with Gasteiger partial charge in [-0.15, -0.1) is 0 Å². The van der Waals surface area contributed by atoms with Gasteiger partial charge in [0, 0.05) is 32.2 Å². The van der Waals surface area contributed by atoms with E-state index in [0.29, 0.717) is 12.6 Å². The van der Waals surface area contributed by atoms with E-state index in [1.165, 1.54) is 5.56 Å². The molecule has 2 saturated heterocycles. The first-order valence-corrected chi connectivity index (χ1v) is 7.99. The van der Waals surface area contributed by atoms with Crippen LogP contribution in [0.3, 0.4) is 0 Å². The van der Waals surface area contributed by atoms with Crippen molar-refractivity contribution in [2.24, 2.45) is 0 Å². The zero-order valence-corrected chi connectivity index (χ0v) is 13.2. The molecule has 0 aliphatic carbocycles. The molecular formula is C17H24N2O3. The molecule has 2 aliphatic heterocycles. The summed E-state index contributed by atoms with van der Waals surface area (Å²) in [5, 5.41) is 0. The lowest BCUT2D eigenvalue weighted by atomic mass is 10.0. The molecule has 0 atom stereocenters. The smallest absolute Gasteiger partial charge is 0.248 e. The number of morpholine rings is 1. The summed E-state index contributed by atoms with van der Waals surface area (Å²) in [5.74, 6) is 1.05. The lowest BCUT2D eigenvalue weighted by molar-refractivity contribution is -0.146. The second kappa shape index (κ2) is 7.11. The molecule has 0 radical (unpaired) electrons. The van der Waals surface area contributed by atoms with Crippen molar-refractivity contribution in [3.63, 3.8) is 0 Å². The maximum Gasteiger partial charge on any atom is 0.248 e. The van der Waals surface area contributed by atoms with E-state index in [0.717, 1.165) is 44.8 Å². The minimum absolute atomic E-state index is 0.153. The van der Waals surface area contributed by atoms with Crippen LogP contribution in [0, 0.1) is 0 Å². The lowest BCUT2D eigenvalue weighted by Gasteiger charge is -2.40. The molecule has 2 fully saturated rings. The molecule has 2 aliphatic rings. The summed E-state index contributed by atoms with van der Waals surface area (Å²) in [4.78, 5) is 16.4. The van der Waals surface area contributed by atoms with Crippen LogP contribution < -0.4 is 4.74 Å². The number of piperidine rings is 1. The van der Waals surface area contributed by atoms with E-state index >= 15 is 0 Å². The number of amides is 1. The number of rotatable bonds is 4. The number of carbonyl (C=O) groups excluding carboxylic acids is 1. The number of benzene rings is 1. The van der Waals surface area contributed by atoms with Gasteiger partial charge < -0.3 is 14.4 Å². The molecule has 0 aromatic heterocycles. The zero-order chi connectivity index (χ0) is 15.4. The Morgan fingerprint density at radius 1 is 1.18 bits per heavy atom. The predicted octanol–water partition coefficient (Wildman–Crippen LogP) is 1.52. The van der Waals surface area contributed by atoms with Crippen LogP contribution in [-0.2, 0) is 16.1 Å². The third-order valence-corrected chi connectivity index (χ3v) is 4.59. The highest BCUT2D eigenvalue weighted by atomic mass is 16.5. The first-order chi connectivity index (χ1) is 10.8. The highest BCUT2D eigenvalue weighted by Crippen LogP contribution is 2.20. The summed E-state index contributed by atoms with van der Waals surface area (Å²) in [6.07, 6.45) is 2.11. The topological polar surface area (TPSA) is 42.0 Å².